The lowest BCUT2D eigenvalue weighted by Gasteiger charge is -2.25. The van der Waals surface area contributed by atoms with Gasteiger partial charge in [0.1, 0.15) is 12.0 Å². The molecule has 0 unspecified atom stereocenters. The third-order valence-electron chi connectivity index (χ3n) is 3.60. The van der Waals surface area contributed by atoms with E-state index in [0.29, 0.717) is 31.1 Å². The predicted octanol–water partition coefficient (Wildman–Crippen LogP) is -0.267. The number of hydrogen-bond donors (Lipinski definition) is 1. The van der Waals surface area contributed by atoms with Gasteiger partial charge < -0.3 is 14.5 Å². The van der Waals surface area contributed by atoms with E-state index < -0.39 is 10.0 Å². The minimum atomic E-state index is -3.31. The molecule has 0 radical (unpaired) electrons. The van der Waals surface area contributed by atoms with Crippen LogP contribution >= 0.6 is 0 Å². The lowest BCUT2D eigenvalue weighted by atomic mass is 10.2. The molecule has 1 aromatic rings. The Hall–Kier alpha value is -1.42. The highest BCUT2D eigenvalue weighted by atomic mass is 32.2. The quantitative estimate of drug-likeness (QED) is 0.732. The van der Waals surface area contributed by atoms with Gasteiger partial charge in [-0.15, -0.1) is 0 Å². The van der Waals surface area contributed by atoms with E-state index in [0.717, 1.165) is 17.4 Å². The molecule has 1 aliphatic rings. The average Bonchev–Trinajstić information content (AvgIpc) is 2.96. The molecule has 1 aliphatic heterocycles. The van der Waals surface area contributed by atoms with Gasteiger partial charge >= 0.3 is 0 Å². The molecule has 1 fully saturated rings. The van der Waals surface area contributed by atoms with Crippen LogP contribution in [0, 0.1) is 0 Å². The highest BCUT2D eigenvalue weighted by Gasteiger charge is 2.17. The summed E-state index contributed by atoms with van der Waals surface area (Å²) in [6.07, 6.45) is 1.39. The molecule has 2 rings (SSSR count). The van der Waals surface area contributed by atoms with Crippen LogP contribution in [0.1, 0.15) is 16.1 Å². The van der Waals surface area contributed by atoms with Crippen LogP contribution in [0.5, 0.6) is 0 Å². The van der Waals surface area contributed by atoms with Crippen molar-refractivity contribution in [1.82, 2.24) is 14.5 Å². The van der Waals surface area contributed by atoms with Crippen molar-refractivity contribution in [3.8, 4) is 0 Å². The van der Waals surface area contributed by atoms with Gasteiger partial charge in [0.15, 0.2) is 0 Å². The first kappa shape index (κ1) is 17.9. The Morgan fingerprint density at radius 3 is 2.70 bits per heavy atom. The number of carbonyl (C=O) groups excluding carboxylic acids is 1. The van der Waals surface area contributed by atoms with E-state index in [2.05, 4.69) is 10.2 Å². The molecular formula is C14H23N3O5S. The van der Waals surface area contributed by atoms with Crippen molar-refractivity contribution < 1.29 is 22.4 Å². The fourth-order valence-electron chi connectivity index (χ4n) is 2.14. The summed E-state index contributed by atoms with van der Waals surface area (Å²) in [5, 5.41) is 2.59. The molecule has 1 saturated heterocycles. The van der Waals surface area contributed by atoms with E-state index in [4.69, 9.17) is 9.15 Å². The predicted molar refractivity (Wildman–Crippen MR) is 84.6 cm³/mol. The Morgan fingerprint density at radius 2 is 2.04 bits per heavy atom. The SMILES string of the molecule is CN(C)S(=O)(=O)CCNC(=O)c1coc(CN2CCOCC2)c1. The van der Waals surface area contributed by atoms with E-state index in [1.807, 2.05) is 0 Å². The molecule has 8 nitrogen and oxygen atoms in total. The second-order valence-corrected chi connectivity index (χ2v) is 7.85. The number of ether oxygens (including phenoxy) is 1. The lowest BCUT2D eigenvalue weighted by molar-refractivity contribution is 0.0313. The number of furan rings is 1. The van der Waals surface area contributed by atoms with E-state index in [9.17, 15) is 13.2 Å². The van der Waals surface area contributed by atoms with Crippen molar-refractivity contribution in [3.63, 3.8) is 0 Å². The van der Waals surface area contributed by atoms with Gasteiger partial charge in [-0.25, -0.2) is 12.7 Å². The van der Waals surface area contributed by atoms with Crippen LogP contribution in [0.4, 0.5) is 0 Å². The van der Waals surface area contributed by atoms with Gasteiger partial charge in [0, 0.05) is 33.7 Å². The molecule has 0 aromatic carbocycles. The van der Waals surface area contributed by atoms with Gasteiger partial charge in [-0.3, -0.25) is 9.69 Å². The molecule has 0 atom stereocenters. The summed E-state index contributed by atoms with van der Waals surface area (Å²) in [6, 6.07) is 1.69. The van der Waals surface area contributed by atoms with Crippen LogP contribution in [0.2, 0.25) is 0 Å². The number of carbonyl (C=O) groups is 1. The number of morpholine rings is 1. The number of nitrogens with zero attached hydrogens (tertiary/aromatic N) is 2. The standard InChI is InChI=1S/C14H23N3O5S/c1-16(2)23(19,20)8-3-15-14(18)12-9-13(22-11-12)10-17-4-6-21-7-5-17/h9,11H,3-8,10H2,1-2H3,(H,15,18). The Morgan fingerprint density at radius 1 is 1.35 bits per heavy atom. The van der Waals surface area contributed by atoms with Gasteiger partial charge in [0.25, 0.3) is 5.91 Å². The topological polar surface area (TPSA) is 92.1 Å². The van der Waals surface area contributed by atoms with Gasteiger partial charge in [-0.05, 0) is 6.07 Å². The largest absolute Gasteiger partial charge is 0.467 e. The maximum atomic E-state index is 12.0. The molecule has 0 bridgehead atoms. The van der Waals surface area contributed by atoms with Gasteiger partial charge in [0.05, 0.1) is 31.1 Å². The third-order valence-corrected chi connectivity index (χ3v) is 5.43. The van der Waals surface area contributed by atoms with Gasteiger partial charge in [-0.2, -0.15) is 0 Å². The van der Waals surface area contributed by atoms with Gasteiger partial charge in [-0.1, -0.05) is 0 Å². The second-order valence-electron chi connectivity index (χ2n) is 5.54. The molecule has 0 saturated carbocycles. The molecule has 130 valence electrons. The molecule has 9 heteroatoms. The van der Waals surface area contributed by atoms with Crippen molar-refractivity contribution in [3.05, 3.63) is 23.7 Å². The Kier molecular flexibility index (Phi) is 6.17. The summed E-state index contributed by atoms with van der Waals surface area (Å²) in [5.74, 6) is 0.235. The lowest BCUT2D eigenvalue weighted by Crippen LogP contribution is -2.35. The summed E-state index contributed by atoms with van der Waals surface area (Å²) in [4.78, 5) is 14.2. The van der Waals surface area contributed by atoms with Crippen LogP contribution in [0.15, 0.2) is 16.7 Å². The highest BCUT2D eigenvalue weighted by molar-refractivity contribution is 7.89. The Bertz CT molecular complexity index is 620. The maximum Gasteiger partial charge on any atom is 0.254 e. The summed E-state index contributed by atoms with van der Waals surface area (Å²) in [7, 11) is -0.386. The summed E-state index contributed by atoms with van der Waals surface area (Å²) in [5.41, 5.74) is 0.399. The van der Waals surface area contributed by atoms with Crippen LogP contribution in [0.3, 0.4) is 0 Å². The molecule has 0 aliphatic carbocycles. The summed E-state index contributed by atoms with van der Waals surface area (Å²) < 4.78 is 35.0. The van der Waals surface area contributed by atoms with E-state index in [1.54, 1.807) is 6.07 Å². The average molecular weight is 345 g/mol. The Balaban J connectivity index is 1.81. The zero-order valence-electron chi connectivity index (χ0n) is 13.4. The fraction of sp³-hybridized carbons (Fsp3) is 0.643. The van der Waals surface area contributed by atoms with E-state index in [-0.39, 0.29) is 18.2 Å². The van der Waals surface area contributed by atoms with Crippen LogP contribution in [-0.4, -0.2) is 76.2 Å². The first-order valence-corrected chi connectivity index (χ1v) is 9.05. The second kappa shape index (κ2) is 7.91. The smallest absolute Gasteiger partial charge is 0.254 e. The maximum absolute atomic E-state index is 12.0. The zero-order valence-corrected chi connectivity index (χ0v) is 14.3. The summed E-state index contributed by atoms with van der Waals surface area (Å²) >= 11 is 0. The molecule has 0 spiro atoms. The molecule has 1 N–H and O–H groups in total. The van der Waals surface area contributed by atoms with Gasteiger partial charge in [0.2, 0.25) is 10.0 Å². The summed E-state index contributed by atoms with van der Waals surface area (Å²) in [6.45, 7) is 3.77. The molecule has 2 heterocycles. The van der Waals surface area contributed by atoms with Crippen molar-refractivity contribution in [1.29, 1.82) is 0 Å². The number of rotatable bonds is 7. The molecule has 1 aromatic heterocycles. The first-order valence-electron chi connectivity index (χ1n) is 7.44. The zero-order chi connectivity index (χ0) is 16.9. The minimum Gasteiger partial charge on any atom is -0.467 e. The highest BCUT2D eigenvalue weighted by Crippen LogP contribution is 2.11. The van der Waals surface area contributed by atoms with Crippen LogP contribution < -0.4 is 5.32 Å². The molecule has 1 amide bonds. The normalized spacial score (nSPS) is 16.7. The van der Waals surface area contributed by atoms with Crippen molar-refractivity contribution in [2.24, 2.45) is 0 Å². The van der Waals surface area contributed by atoms with Crippen molar-refractivity contribution in [2.75, 3.05) is 52.7 Å². The fourth-order valence-corrected chi connectivity index (χ4v) is 2.87. The minimum absolute atomic E-state index is 0.0589. The Labute approximate surface area is 136 Å². The first-order chi connectivity index (χ1) is 10.9. The monoisotopic (exact) mass is 345 g/mol. The number of hydrogen-bond acceptors (Lipinski definition) is 6. The van der Waals surface area contributed by atoms with E-state index >= 15 is 0 Å². The van der Waals surface area contributed by atoms with Crippen LogP contribution in [0.25, 0.3) is 0 Å². The molecular weight excluding hydrogens is 322 g/mol. The van der Waals surface area contributed by atoms with E-state index in [1.165, 1.54) is 20.4 Å². The third kappa shape index (κ3) is 5.31. The number of nitrogens with one attached hydrogen (secondary N) is 1. The van der Waals surface area contributed by atoms with Crippen molar-refractivity contribution in [2.45, 2.75) is 6.54 Å². The number of sulfonamides is 1. The number of amides is 1. The molecule has 23 heavy (non-hydrogen) atoms. The van der Waals surface area contributed by atoms with Crippen molar-refractivity contribution >= 4 is 15.9 Å². The van der Waals surface area contributed by atoms with Crippen LogP contribution in [-0.2, 0) is 21.3 Å².